The first-order valence-electron chi connectivity index (χ1n) is 7.40. The van der Waals surface area contributed by atoms with E-state index < -0.39 is 0 Å². The summed E-state index contributed by atoms with van der Waals surface area (Å²) < 4.78 is 4.81. The molecule has 1 aliphatic heterocycles. The van der Waals surface area contributed by atoms with E-state index in [1.807, 2.05) is 12.1 Å². The predicted molar refractivity (Wildman–Crippen MR) is 82.0 cm³/mol. The molecule has 3 N–H and O–H groups in total. The van der Waals surface area contributed by atoms with Crippen molar-refractivity contribution < 1.29 is 14.6 Å². The molecular formula is C16H24N2O3. The van der Waals surface area contributed by atoms with E-state index in [4.69, 9.17) is 10.5 Å². The molecule has 1 unspecified atom stereocenters. The number of piperidine rings is 1. The van der Waals surface area contributed by atoms with Gasteiger partial charge in [-0.2, -0.15) is 0 Å². The number of benzene rings is 1. The van der Waals surface area contributed by atoms with Gasteiger partial charge >= 0.3 is 5.97 Å². The van der Waals surface area contributed by atoms with Crippen molar-refractivity contribution in [3.63, 3.8) is 0 Å². The molecule has 5 nitrogen and oxygen atoms in total. The van der Waals surface area contributed by atoms with Gasteiger partial charge in [-0.1, -0.05) is 6.07 Å². The quantitative estimate of drug-likeness (QED) is 0.503. The number of hydrogen-bond donors (Lipinski definition) is 2. The molecule has 0 bridgehead atoms. The minimum Gasteiger partial charge on any atom is -0.506 e. The Morgan fingerprint density at radius 1 is 1.48 bits per heavy atom. The Labute approximate surface area is 125 Å². The van der Waals surface area contributed by atoms with Gasteiger partial charge < -0.3 is 20.5 Å². The van der Waals surface area contributed by atoms with Gasteiger partial charge in [-0.25, -0.2) is 0 Å². The highest BCUT2D eigenvalue weighted by atomic mass is 16.5. The SMILES string of the molecule is COC(=O)C1CCN(C(C)Cc2ccc(O)c(N)c2)CC1. The zero-order chi connectivity index (χ0) is 15.4. The number of anilines is 1. The third kappa shape index (κ3) is 3.88. The van der Waals surface area contributed by atoms with Gasteiger partial charge in [0.25, 0.3) is 0 Å². The summed E-state index contributed by atoms with van der Waals surface area (Å²) >= 11 is 0. The van der Waals surface area contributed by atoms with Gasteiger partial charge in [-0.15, -0.1) is 0 Å². The lowest BCUT2D eigenvalue weighted by molar-refractivity contribution is -0.147. The molecule has 2 rings (SSSR count). The van der Waals surface area contributed by atoms with Crippen LogP contribution in [0, 0.1) is 5.92 Å². The Morgan fingerprint density at radius 3 is 2.71 bits per heavy atom. The van der Waals surface area contributed by atoms with E-state index in [1.54, 1.807) is 6.07 Å². The van der Waals surface area contributed by atoms with Crippen LogP contribution in [0.25, 0.3) is 0 Å². The van der Waals surface area contributed by atoms with Crippen LogP contribution in [0.2, 0.25) is 0 Å². The van der Waals surface area contributed by atoms with Crippen LogP contribution < -0.4 is 5.73 Å². The number of rotatable bonds is 4. The van der Waals surface area contributed by atoms with Crippen LogP contribution in [0.5, 0.6) is 5.75 Å². The molecule has 1 aromatic carbocycles. The Hall–Kier alpha value is -1.75. The fourth-order valence-corrected chi connectivity index (χ4v) is 2.94. The largest absolute Gasteiger partial charge is 0.506 e. The van der Waals surface area contributed by atoms with E-state index in [2.05, 4.69) is 11.8 Å². The number of nitrogen functional groups attached to an aromatic ring is 1. The van der Waals surface area contributed by atoms with E-state index in [0.717, 1.165) is 37.9 Å². The number of phenols is 1. The lowest BCUT2D eigenvalue weighted by atomic mass is 9.95. The lowest BCUT2D eigenvalue weighted by Crippen LogP contribution is -2.42. The maximum Gasteiger partial charge on any atom is 0.308 e. The van der Waals surface area contributed by atoms with Crippen molar-refractivity contribution in [2.24, 2.45) is 5.92 Å². The molecule has 116 valence electrons. The number of methoxy groups -OCH3 is 1. The van der Waals surface area contributed by atoms with Crippen LogP contribution in [-0.2, 0) is 16.0 Å². The Kier molecular flexibility index (Phi) is 5.07. The maximum absolute atomic E-state index is 11.5. The molecule has 21 heavy (non-hydrogen) atoms. The second-order valence-electron chi connectivity index (χ2n) is 5.78. The molecule has 0 aromatic heterocycles. The summed E-state index contributed by atoms with van der Waals surface area (Å²) in [5, 5.41) is 9.45. The normalized spacial score (nSPS) is 18.4. The van der Waals surface area contributed by atoms with Gasteiger partial charge in [0.1, 0.15) is 5.75 Å². The van der Waals surface area contributed by atoms with Crippen molar-refractivity contribution in [1.82, 2.24) is 4.90 Å². The van der Waals surface area contributed by atoms with Crippen LogP contribution in [0.4, 0.5) is 5.69 Å². The summed E-state index contributed by atoms with van der Waals surface area (Å²) in [5.41, 5.74) is 7.27. The van der Waals surface area contributed by atoms with Crippen LogP contribution >= 0.6 is 0 Å². The molecular weight excluding hydrogens is 268 g/mol. The zero-order valence-corrected chi connectivity index (χ0v) is 12.7. The number of esters is 1. The average Bonchev–Trinajstić information content (AvgIpc) is 2.50. The minimum atomic E-state index is -0.0892. The van der Waals surface area contributed by atoms with Gasteiger partial charge in [0, 0.05) is 6.04 Å². The monoisotopic (exact) mass is 292 g/mol. The predicted octanol–water partition coefficient (Wildman–Crippen LogP) is 1.79. The minimum absolute atomic E-state index is 0.0442. The van der Waals surface area contributed by atoms with Gasteiger partial charge in [-0.3, -0.25) is 4.79 Å². The van der Waals surface area contributed by atoms with Crippen molar-refractivity contribution in [3.05, 3.63) is 23.8 Å². The summed E-state index contributed by atoms with van der Waals surface area (Å²) in [7, 11) is 1.45. The molecule has 1 fully saturated rings. The Balaban J connectivity index is 1.88. The Bertz CT molecular complexity index is 496. The molecule has 1 saturated heterocycles. The molecule has 1 aliphatic rings. The first-order valence-corrected chi connectivity index (χ1v) is 7.40. The van der Waals surface area contributed by atoms with Gasteiger partial charge in [-0.05, 0) is 57.0 Å². The number of carbonyl (C=O) groups is 1. The fourth-order valence-electron chi connectivity index (χ4n) is 2.94. The average molecular weight is 292 g/mol. The molecule has 0 aliphatic carbocycles. The Morgan fingerprint density at radius 2 is 2.14 bits per heavy atom. The smallest absolute Gasteiger partial charge is 0.308 e. The van der Waals surface area contributed by atoms with E-state index in [-0.39, 0.29) is 17.6 Å². The third-order valence-electron chi connectivity index (χ3n) is 4.31. The number of likely N-dealkylation sites (tertiary alicyclic amines) is 1. The first kappa shape index (κ1) is 15.6. The van der Waals surface area contributed by atoms with E-state index in [9.17, 15) is 9.90 Å². The fraction of sp³-hybridized carbons (Fsp3) is 0.562. The van der Waals surface area contributed by atoms with E-state index in [0.29, 0.717) is 11.7 Å². The molecule has 0 spiro atoms. The number of aromatic hydroxyl groups is 1. The van der Waals surface area contributed by atoms with Crippen molar-refractivity contribution in [3.8, 4) is 5.75 Å². The number of nitrogens with zero attached hydrogens (tertiary/aromatic N) is 1. The first-order chi connectivity index (χ1) is 10.0. The summed E-state index contributed by atoms with van der Waals surface area (Å²) in [6.07, 6.45) is 2.59. The molecule has 5 heteroatoms. The van der Waals surface area contributed by atoms with Crippen molar-refractivity contribution >= 4 is 11.7 Å². The molecule has 0 saturated carbocycles. The van der Waals surface area contributed by atoms with Crippen LogP contribution in [0.1, 0.15) is 25.3 Å². The van der Waals surface area contributed by atoms with E-state index in [1.165, 1.54) is 7.11 Å². The summed E-state index contributed by atoms with van der Waals surface area (Å²) in [6, 6.07) is 5.75. The maximum atomic E-state index is 11.5. The highest BCUT2D eigenvalue weighted by Crippen LogP contribution is 2.24. The second kappa shape index (κ2) is 6.80. The molecule has 0 radical (unpaired) electrons. The topological polar surface area (TPSA) is 75.8 Å². The third-order valence-corrected chi connectivity index (χ3v) is 4.31. The number of nitrogens with two attached hydrogens (primary N) is 1. The van der Waals surface area contributed by atoms with Crippen molar-refractivity contribution in [2.45, 2.75) is 32.2 Å². The van der Waals surface area contributed by atoms with Crippen LogP contribution in [0.3, 0.4) is 0 Å². The molecule has 1 heterocycles. The molecule has 1 aromatic rings. The number of hydrogen-bond acceptors (Lipinski definition) is 5. The molecule has 1 atom stereocenters. The van der Waals surface area contributed by atoms with E-state index >= 15 is 0 Å². The van der Waals surface area contributed by atoms with Gasteiger partial charge in [0.2, 0.25) is 0 Å². The summed E-state index contributed by atoms with van der Waals surface area (Å²) in [6.45, 7) is 4.00. The summed E-state index contributed by atoms with van der Waals surface area (Å²) in [5.74, 6) is 0.0849. The van der Waals surface area contributed by atoms with Crippen molar-refractivity contribution in [2.75, 3.05) is 25.9 Å². The van der Waals surface area contributed by atoms with Crippen LogP contribution in [0.15, 0.2) is 18.2 Å². The van der Waals surface area contributed by atoms with Gasteiger partial charge in [0.05, 0.1) is 18.7 Å². The number of carbonyl (C=O) groups excluding carboxylic acids is 1. The number of ether oxygens (including phenoxy) is 1. The van der Waals surface area contributed by atoms with Crippen molar-refractivity contribution in [1.29, 1.82) is 0 Å². The molecule has 0 amide bonds. The highest BCUT2D eigenvalue weighted by molar-refractivity contribution is 5.72. The number of phenolic OH excluding ortho intramolecular Hbond substituents is 1. The standard InChI is InChI=1S/C16H24N2O3/c1-11(9-12-3-4-15(19)14(17)10-12)18-7-5-13(6-8-18)16(20)21-2/h3-4,10-11,13,19H,5-9,17H2,1-2H3. The van der Waals surface area contributed by atoms with Crippen LogP contribution in [-0.4, -0.2) is 42.2 Å². The summed E-state index contributed by atoms with van der Waals surface area (Å²) in [4.78, 5) is 13.9. The second-order valence-corrected chi connectivity index (χ2v) is 5.78. The van der Waals surface area contributed by atoms with Gasteiger partial charge in [0.15, 0.2) is 0 Å². The highest BCUT2D eigenvalue weighted by Gasteiger charge is 2.27. The zero-order valence-electron chi connectivity index (χ0n) is 12.7. The lowest BCUT2D eigenvalue weighted by Gasteiger charge is -2.35.